The Bertz CT molecular complexity index is 714. The van der Waals surface area contributed by atoms with E-state index in [4.69, 9.17) is 5.11 Å². The van der Waals surface area contributed by atoms with Crippen LogP contribution < -0.4 is 4.72 Å². The van der Waals surface area contributed by atoms with Crippen LogP contribution in [0.25, 0.3) is 0 Å². The molecule has 0 spiro atoms. The molecule has 1 aliphatic heterocycles. The van der Waals surface area contributed by atoms with Crippen LogP contribution >= 0.6 is 0 Å². The molecule has 2 rings (SSSR count). The molecule has 0 aliphatic carbocycles. The number of carbonyl (C=O) groups excluding carboxylic acids is 1. The molecule has 126 valence electrons. The normalized spacial score (nSPS) is 18.4. The van der Waals surface area contributed by atoms with E-state index in [-0.39, 0.29) is 16.5 Å². The van der Waals surface area contributed by atoms with Gasteiger partial charge in [-0.05, 0) is 44.9 Å². The summed E-state index contributed by atoms with van der Waals surface area (Å²) in [5, 5.41) is 9.16. The van der Waals surface area contributed by atoms with Gasteiger partial charge in [-0.1, -0.05) is 6.07 Å². The summed E-state index contributed by atoms with van der Waals surface area (Å²) in [6.45, 7) is 3.76. The van der Waals surface area contributed by atoms with Crippen molar-refractivity contribution in [1.29, 1.82) is 0 Å². The van der Waals surface area contributed by atoms with E-state index < -0.39 is 27.9 Å². The molecule has 1 amide bonds. The molecule has 8 heteroatoms. The largest absolute Gasteiger partial charge is 0.480 e. The molecular formula is C15H20N2O5S. The Morgan fingerprint density at radius 2 is 2.04 bits per heavy atom. The van der Waals surface area contributed by atoms with Crippen LogP contribution in [-0.2, 0) is 14.8 Å². The minimum absolute atomic E-state index is 0.0110. The SMILES string of the molecule is CC(C)NS(=O)(=O)c1cccc(C(=O)N2CCC[C@@H]2C(=O)O)c1. The Morgan fingerprint density at radius 1 is 1.35 bits per heavy atom. The lowest BCUT2D eigenvalue weighted by atomic mass is 10.1. The van der Waals surface area contributed by atoms with Gasteiger partial charge in [0.15, 0.2) is 0 Å². The lowest BCUT2D eigenvalue weighted by Crippen LogP contribution is -2.40. The van der Waals surface area contributed by atoms with Crippen LogP contribution in [0.3, 0.4) is 0 Å². The number of hydrogen-bond donors (Lipinski definition) is 2. The van der Waals surface area contributed by atoms with Gasteiger partial charge in [0.2, 0.25) is 10.0 Å². The number of aliphatic carboxylic acids is 1. The second kappa shape index (κ2) is 6.67. The second-order valence-corrected chi connectivity index (χ2v) is 7.51. The molecule has 1 aromatic rings. The molecule has 23 heavy (non-hydrogen) atoms. The zero-order valence-electron chi connectivity index (χ0n) is 13.0. The third-order valence-electron chi connectivity index (χ3n) is 3.58. The molecule has 0 aromatic heterocycles. The fourth-order valence-electron chi connectivity index (χ4n) is 2.61. The summed E-state index contributed by atoms with van der Waals surface area (Å²) < 4.78 is 26.8. The highest BCUT2D eigenvalue weighted by atomic mass is 32.2. The number of hydrogen-bond acceptors (Lipinski definition) is 4. The van der Waals surface area contributed by atoms with Gasteiger partial charge in [0.05, 0.1) is 4.90 Å². The first-order valence-electron chi connectivity index (χ1n) is 7.38. The van der Waals surface area contributed by atoms with Gasteiger partial charge in [0, 0.05) is 18.2 Å². The Morgan fingerprint density at radius 3 is 2.65 bits per heavy atom. The van der Waals surface area contributed by atoms with Gasteiger partial charge < -0.3 is 10.0 Å². The third-order valence-corrected chi connectivity index (χ3v) is 5.24. The molecule has 1 fully saturated rings. The maximum absolute atomic E-state index is 12.5. The number of sulfonamides is 1. The molecule has 2 N–H and O–H groups in total. The van der Waals surface area contributed by atoms with E-state index in [2.05, 4.69) is 4.72 Å². The van der Waals surface area contributed by atoms with E-state index in [1.54, 1.807) is 13.8 Å². The molecule has 0 bridgehead atoms. The van der Waals surface area contributed by atoms with Crippen molar-refractivity contribution in [3.63, 3.8) is 0 Å². The molecule has 7 nitrogen and oxygen atoms in total. The molecule has 1 saturated heterocycles. The van der Waals surface area contributed by atoms with Gasteiger partial charge >= 0.3 is 5.97 Å². The predicted octanol–water partition coefficient (Wildman–Crippen LogP) is 1.06. The van der Waals surface area contributed by atoms with Crippen molar-refractivity contribution < 1.29 is 23.1 Å². The van der Waals surface area contributed by atoms with Gasteiger partial charge in [0.25, 0.3) is 5.91 Å². The fourth-order valence-corrected chi connectivity index (χ4v) is 3.90. The lowest BCUT2D eigenvalue weighted by Gasteiger charge is -2.21. The van der Waals surface area contributed by atoms with Crippen molar-refractivity contribution in [1.82, 2.24) is 9.62 Å². The number of carboxylic acids is 1. The highest BCUT2D eigenvalue weighted by Gasteiger charge is 2.34. The van der Waals surface area contributed by atoms with Crippen molar-refractivity contribution in [2.75, 3.05) is 6.54 Å². The van der Waals surface area contributed by atoms with E-state index in [0.717, 1.165) is 0 Å². The highest BCUT2D eigenvalue weighted by Crippen LogP contribution is 2.21. The van der Waals surface area contributed by atoms with E-state index in [1.807, 2.05) is 0 Å². The number of carbonyl (C=O) groups is 2. The van der Waals surface area contributed by atoms with Crippen LogP contribution in [0.4, 0.5) is 0 Å². The fraction of sp³-hybridized carbons (Fsp3) is 0.467. The minimum Gasteiger partial charge on any atom is -0.480 e. The standard InChI is InChI=1S/C15H20N2O5S/c1-10(2)16-23(21,22)12-6-3-5-11(9-12)14(18)17-8-4-7-13(17)15(19)20/h3,5-6,9-10,13,16H,4,7-8H2,1-2H3,(H,19,20)/t13-/m1/s1. The predicted molar refractivity (Wildman–Crippen MR) is 83.6 cm³/mol. The van der Waals surface area contributed by atoms with Gasteiger partial charge in [0.1, 0.15) is 6.04 Å². The number of benzene rings is 1. The number of likely N-dealkylation sites (tertiary alicyclic amines) is 1. The van der Waals surface area contributed by atoms with Crippen LogP contribution in [0.5, 0.6) is 0 Å². The first-order valence-corrected chi connectivity index (χ1v) is 8.87. The molecule has 1 aliphatic rings. The van der Waals surface area contributed by atoms with Crippen LogP contribution in [0, 0.1) is 0 Å². The van der Waals surface area contributed by atoms with Crippen LogP contribution in [0.2, 0.25) is 0 Å². The van der Waals surface area contributed by atoms with E-state index in [9.17, 15) is 18.0 Å². The van der Waals surface area contributed by atoms with Gasteiger partial charge in [-0.15, -0.1) is 0 Å². The average molecular weight is 340 g/mol. The molecule has 1 heterocycles. The zero-order chi connectivity index (χ0) is 17.2. The quantitative estimate of drug-likeness (QED) is 0.834. The van der Waals surface area contributed by atoms with Crippen molar-refractivity contribution >= 4 is 21.9 Å². The van der Waals surface area contributed by atoms with Crippen molar-refractivity contribution in [3.05, 3.63) is 29.8 Å². The first-order chi connectivity index (χ1) is 10.7. The molecule has 0 unspecified atom stereocenters. The van der Waals surface area contributed by atoms with Crippen molar-refractivity contribution in [3.8, 4) is 0 Å². The summed E-state index contributed by atoms with van der Waals surface area (Å²) in [7, 11) is -3.71. The topological polar surface area (TPSA) is 104 Å². The van der Waals surface area contributed by atoms with Crippen LogP contribution in [0.15, 0.2) is 29.2 Å². The number of carboxylic acid groups (broad SMARTS) is 1. The average Bonchev–Trinajstić information content (AvgIpc) is 2.95. The van der Waals surface area contributed by atoms with Gasteiger partial charge in [-0.3, -0.25) is 4.79 Å². The maximum Gasteiger partial charge on any atom is 0.326 e. The molecule has 0 radical (unpaired) electrons. The molecule has 0 saturated carbocycles. The lowest BCUT2D eigenvalue weighted by molar-refractivity contribution is -0.141. The number of amides is 1. The van der Waals surface area contributed by atoms with Crippen molar-refractivity contribution in [2.24, 2.45) is 0 Å². The minimum atomic E-state index is -3.71. The van der Waals surface area contributed by atoms with Crippen molar-refractivity contribution in [2.45, 2.75) is 43.7 Å². The van der Waals surface area contributed by atoms with Gasteiger partial charge in [-0.25, -0.2) is 17.9 Å². The number of rotatable bonds is 5. The molecule has 1 aromatic carbocycles. The summed E-state index contributed by atoms with van der Waals surface area (Å²) >= 11 is 0. The Balaban J connectivity index is 2.29. The number of nitrogens with zero attached hydrogens (tertiary/aromatic N) is 1. The smallest absolute Gasteiger partial charge is 0.326 e. The zero-order valence-corrected chi connectivity index (χ0v) is 13.8. The third kappa shape index (κ3) is 3.89. The molecular weight excluding hydrogens is 320 g/mol. The Hall–Kier alpha value is -1.93. The number of nitrogens with one attached hydrogen (secondary N) is 1. The van der Waals surface area contributed by atoms with E-state index >= 15 is 0 Å². The first kappa shape index (κ1) is 17.4. The summed E-state index contributed by atoms with van der Waals surface area (Å²) in [6, 6.07) is 4.54. The summed E-state index contributed by atoms with van der Waals surface area (Å²) in [6.07, 6.45) is 1.03. The summed E-state index contributed by atoms with van der Waals surface area (Å²) in [5.74, 6) is -1.50. The summed E-state index contributed by atoms with van der Waals surface area (Å²) in [5.41, 5.74) is 0.171. The van der Waals surface area contributed by atoms with E-state index in [0.29, 0.717) is 19.4 Å². The van der Waals surface area contributed by atoms with Crippen LogP contribution in [0.1, 0.15) is 37.0 Å². The second-order valence-electron chi connectivity index (χ2n) is 5.80. The monoisotopic (exact) mass is 340 g/mol. The van der Waals surface area contributed by atoms with E-state index in [1.165, 1.54) is 29.2 Å². The van der Waals surface area contributed by atoms with Gasteiger partial charge in [-0.2, -0.15) is 0 Å². The maximum atomic E-state index is 12.5. The summed E-state index contributed by atoms with van der Waals surface area (Å²) in [4.78, 5) is 25.0. The Kier molecular flexibility index (Phi) is 5.06. The molecule has 1 atom stereocenters. The highest BCUT2D eigenvalue weighted by molar-refractivity contribution is 7.89. The van der Waals surface area contributed by atoms with Crippen LogP contribution in [-0.4, -0.2) is 48.9 Å². The Labute approximate surface area is 135 Å².